The number of benzene rings is 1. The maximum absolute atomic E-state index is 13.0. The number of carbonyl (C=O) groups excluding carboxylic acids is 1. The van der Waals surface area contributed by atoms with Gasteiger partial charge in [0.05, 0.1) is 12.5 Å². The molecule has 3 heterocycles. The van der Waals surface area contributed by atoms with Crippen LogP contribution >= 0.6 is 0 Å². The summed E-state index contributed by atoms with van der Waals surface area (Å²) >= 11 is 0. The van der Waals surface area contributed by atoms with E-state index in [1.54, 1.807) is 26.3 Å². The number of hydrogen-bond acceptors (Lipinski definition) is 4. The van der Waals surface area contributed by atoms with E-state index in [0.717, 1.165) is 31.4 Å². The van der Waals surface area contributed by atoms with Crippen LogP contribution in [0.15, 0.2) is 42.9 Å². The first-order chi connectivity index (χ1) is 14.1. The van der Waals surface area contributed by atoms with E-state index in [1.165, 1.54) is 4.31 Å². The van der Waals surface area contributed by atoms with Crippen LogP contribution in [0.1, 0.15) is 36.2 Å². The summed E-state index contributed by atoms with van der Waals surface area (Å²) in [7, 11) is -3.45. The average Bonchev–Trinajstić information content (AvgIpc) is 3.08. The van der Waals surface area contributed by atoms with Crippen LogP contribution in [0.5, 0.6) is 0 Å². The molecule has 8 nitrogen and oxygen atoms in total. The van der Waals surface area contributed by atoms with Gasteiger partial charge in [-0.1, -0.05) is 31.0 Å². The van der Waals surface area contributed by atoms with Crippen molar-refractivity contribution in [3.05, 3.63) is 48.5 Å². The quantitative estimate of drug-likeness (QED) is 0.759. The van der Waals surface area contributed by atoms with Gasteiger partial charge in [0.15, 0.2) is 0 Å². The fourth-order valence-corrected chi connectivity index (χ4v) is 5.64. The fraction of sp³-hybridized carbons (Fsp3) is 0.500. The number of hydrogen-bond donors (Lipinski definition) is 0. The lowest BCUT2D eigenvalue weighted by Gasteiger charge is -2.36. The number of rotatable bonds is 4. The normalized spacial score (nSPS) is 19.8. The van der Waals surface area contributed by atoms with E-state index in [1.807, 2.05) is 30.3 Å². The number of piperazine rings is 1. The van der Waals surface area contributed by atoms with Gasteiger partial charge in [-0.15, -0.1) is 0 Å². The highest BCUT2D eigenvalue weighted by Gasteiger charge is 2.34. The molecule has 2 aliphatic rings. The van der Waals surface area contributed by atoms with Crippen LogP contribution in [0.4, 0.5) is 0 Å². The minimum Gasteiger partial charge on any atom is -0.335 e. The predicted molar refractivity (Wildman–Crippen MR) is 110 cm³/mol. The van der Waals surface area contributed by atoms with Gasteiger partial charge in [-0.3, -0.25) is 9.36 Å². The molecule has 29 heavy (non-hydrogen) atoms. The van der Waals surface area contributed by atoms with Gasteiger partial charge in [0.1, 0.15) is 5.69 Å². The smallest absolute Gasteiger partial charge is 0.282 e. The number of carbonyl (C=O) groups is 1. The van der Waals surface area contributed by atoms with Crippen LogP contribution < -0.4 is 0 Å². The molecule has 2 aromatic rings. The van der Waals surface area contributed by atoms with Crippen molar-refractivity contribution in [2.45, 2.75) is 25.7 Å². The Balaban J connectivity index is 1.43. The number of aromatic nitrogens is 2. The van der Waals surface area contributed by atoms with Gasteiger partial charge in [-0.05, 0) is 25.0 Å². The Labute approximate surface area is 171 Å². The number of amides is 1. The molecule has 1 aromatic carbocycles. The lowest BCUT2D eigenvalue weighted by atomic mass is 10.2. The first-order valence-electron chi connectivity index (χ1n) is 10.2. The van der Waals surface area contributed by atoms with Crippen LogP contribution in [0.3, 0.4) is 0 Å². The molecule has 0 saturated carbocycles. The van der Waals surface area contributed by atoms with Crippen LogP contribution in [0, 0.1) is 0 Å². The second-order valence-electron chi connectivity index (χ2n) is 7.50. The molecule has 0 bridgehead atoms. The van der Waals surface area contributed by atoms with Gasteiger partial charge in [0.2, 0.25) is 0 Å². The molecule has 0 radical (unpaired) electrons. The molecule has 0 aliphatic carbocycles. The first-order valence-corrected chi connectivity index (χ1v) is 11.6. The Morgan fingerprint density at radius 1 is 0.828 bits per heavy atom. The van der Waals surface area contributed by atoms with Crippen molar-refractivity contribution in [3.8, 4) is 5.69 Å². The van der Waals surface area contributed by atoms with E-state index in [0.29, 0.717) is 45.0 Å². The largest absolute Gasteiger partial charge is 0.335 e. The highest BCUT2D eigenvalue weighted by Crippen LogP contribution is 2.19. The second-order valence-corrected chi connectivity index (χ2v) is 9.43. The second kappa shape index (κ2) is 8.64. The van der Waals surface area contributed by atoms with Crippen molar-refractivity contribution >= 4 is 16.1 Å². The van der Waals surface area contributed by atoms with E-state index >= 15 is 0 Å². The Bertz CT molecular complexity index is 928. The van der Waals surface area contributed by atoms with E-state index in [4.69, 9.17) is 0 Å². The molecule has 4 rings (SSSR count). The lowest BCUT2D eigenvalue weighted by molar-refractivity contribution is 0.0686. The molecule has 1 aromatic heterocycles. The predicted octanol–water partition coefficient (Wildman–Crippen LogP) is 1.75. The van der Waals surface area contributed by atoms with Crippen molar-refractivity contribution in [2.24, 2.45) is 0 Å². The summed E-state index contributed by atoms with van der Waals surface area (Å²) in [5.41, 5.74) is 1.36. The third-order valence-corrected chi connectivity index (χ3v) is 7.67. The summed E-state index contributed by atoms with van der Waals surface area (Å²) in [5.74, 6) is -0.127. The zero-order valence-corrected chi connectivity index (χ0v) is 17.3. The highest BCUT2D eigenvalue weighted by atomic mass is 32.2. The summed E-state index contributed by atoms with van der Waals surface area (Å²) < 4.78 is 30.8. The van der Waals surface area contributed by atoms with Gasteiger partial charge < -0.3 is 4.90 Å². The Hall–Kier alpha value is -2.23. The Morgan fingerprint density at radius 3 is 2.10 bits per heavy atom. The van der Waals surface area contributed by atoms with Crippen molar-refractivity contribution in [1.82, 2.24) is 23.1 Å². The third-order valence-electron chi connectivity index (χ3n) is 5.64. The molecule has 0 spiro atoms. The van der Waals surface area contributed by atoms with Gasteiger partial charge in [-0.2, -0.15) is 17.0 Å². The minimum absolute atomic E-state index is 0.127. The molecule has 0 atom stereocenters. The Kier molecular flexibility index (Phi) is 5.98. The number of imidazole rings is 1. The first kappa shape index (κ1) is 20.1. The van der Waals surface area contributed by atoms with Crippen LogP contribution in [0.2, 0.25) is 0 Å². The molecule has 2 aliphatic heterocycles. The molecule has 1 amide bonds. The van der Waals surface area contributed by atoms with E-state index in [9.17, 15) is 13.2 Å². The fourth-order valence-electron chi connectivity index (χ4n) is 3.97. The maximum atomic E-state index is 13.0. The van der Waals surface area contributed by atoms with Crippen molar-refractivity contribution in [1.29, 1.82) is 0 Å². The maximum Gasteiger partial charge on any atom is 0.282 e. The van der Waals surface area contributed by atoms with Crippen molar-refractivity contribution in [3.63, 3.8) is 0 Å². The summed E-state index contributed by atoms with van der Waals surface area (Å²) in [6, 6.07) is 9.59. The summed E-state index contributed by atoms with van der Waals surface area (Å²) in [4.78, 5) is 18.9. The zero-order chi connectivity index (χ0) is 20.3. The van der Waals surface area contributed by atoms with Crippen molar-refractivity contribution in [2.75, 3.05) is 39.3 Å². The standard InChI is InChI=1S/C20H27N5O3S/c26-20(19-16-21-17-25(19)18-8-4-3-5-9-18)22-12-14-24(15-13-22)29(27,28)23-10-6-1-2-7-11-23/h3-5,8-9,16-17H,1-2,6-7,10-15H2. The van der Waals surface area contributed by atoms with Gasteiger partial charge in [0.25, 0.3) is 16.1 Å². The molecular formula is C20H27N5O3S. The molecular weight excluding hydrogens is 390 g/mol. The van der Waals surface area contributed by atoms with Gasteiger partial charge >= 0.3 is 0 Å². The zero-order valence-electron chi connectivity index (χ0n) is 16.5. The molecule has 2 fully saturated rings. The molecule has 9 heteroatoms. The number of nitrogens with zero attached hydrogens (tertiary/aromatic N) is 5. The van der Waals surface area contributed by atoms with E-state index < -0.39 is 10.2 Å². The summed E-state index contributed by atoms with van der Waals surface area (Å²) in [6.45, 7) is 2.60. The van der Waals surface area contributed by atoms with E-state index in [-0.39, 0.29) is 5.91 Å². The average molecular weight is 418 g/mol. The van der Waals surface area contributed by atoms with E-state index in [2.05, 4.69) is 4.98 Å². The van der Waals surface area contributed by atoms with Crippen LogP contribution in [-0.4, -0.2) is 76.7 Å². The van der Waals surface area contributed by atoms with Crippen LogP contribution in [0.25, 0.3) is 5.69 Å². The monoisotopic (exact) mass is 417 g/mol. The van der Waals surface area contributed by atoms with Gasteiger partial charge in [0, 0.05) is 45.0 Å². The van der Waals surface area contributed by atoms with Crippen molar-refractivity contribution < 1.29 is 13.2 Å². The SMILES string of the molecule is O=C(c1cncn1-c1ccccc1)N1CCN(S(=O)(=O)N2CCCCCC2)CC1. The highest BCUT2D eigenvalue weighted by molar-refractivity contribution is 7.86. The molecule has 156 valence electrons. The molecule has 2 saturated heterocycles. The summed E-state index contributed by atoms with van der Waals surface area (Å²) in [6.07, 6.45) is 7.20. The lowest BCUT2D eigenvalue weighted by Crippen LogP contribution is -2.54. The Morgan fingerprint density at radius 2 is 1.45 bits per heavy atom. The molecule has 0 N–H and O–H groups in total. The minimum atomic E-state index is -3.45. The van der Waals surface area contributed by atoms with Crippen LogP contribution in [-0.2, 0) is 10.2 Å². The summed E-state index contributed by atoms with van der Waals surface area (Å²) in [5, 5.41) is 0. The third kappa shape index (κ3) is 4.22. The van der Waals surface area contributed by atoms with Gasteiger partial charge in [-0.25, -0.2) is 4.98 Å². The number of para-hydroxylation sites is 1. The topological polar surface area (TPSA) is 78.8 Å². The molecule has 0 unspecified atom stereocenters.